The Kier molecular flexibility index (Phi) is 1.07. The largest absolute Gasteiger partial charge is 0.281 e. The van der Waals surface area contributed by atoms with Crippen molar-refractivity contribution < 1.29 is 4.79 Å². The van der Waals surface area contributed by atoms with Gasteiger partial charge in [-0.15, -0.1) is 11.3 Å². The molecule has 4 heteroatoms. The monoisotopic (exact) mass is 151 g/mol. The maximum atomic E-state index is 10.9. The SMILES string of the molecule is O=C1[N]C=Nc2sccc21. The molecule has 0 aromatic carbocycles. The predicted molar refractivity (Wildman–Crippen MR) is 38.9 cm³/mol. The molecule has 1 aliphatic heterocycles. The number of carbonyl (C=O) groups excluding carboxylic acids is 1. The summed E-state index contributed by atoms with van der Waals surface area (Å²) in [4.78, 5) is 14.8. The Balaban J connectivity index is 2.62. The molecule has 0 N–H and O–H groups in total. The zero-order chi connectivity index (χ0) is 6.97. The van der Waals surface area contributed by atoms with Gasteiger partial charge in [0.2, 0.25) is 0 Å². The molecular weight excluding hydrogens is 148 g/mol. The van der Waals surface area contributed by atoms with E-state index < -0.39 is 0 Å². The van der Waals surface area contributed by atoms with Gasteiger partial charge in [0.1, 0.15) is 11.3 Å². The van der Waals surface area contributed by atoms with Crippen LogP contribution < -0.4 is 5.32 Å². The second-order valence-electron chi connectivity index (χ2n) is 1.82. The summed E-state index contributed by atoms with van der Waals surface area (Å²) in [5.74, 6) is -0.189. The van der Waals surface area contributed by atoms with Crippen molar-refractivity contribution in [1.29, 1.82) is 0 Å². The average Bonchev–Trinajstić information content (AvgIpc) is 2.36. The molecule has 0 atom stereocenters. The Morgan fingerprint density at radius 2 is 2.40 bits per heavy atom. The van der Waals surface area contributed by atoms with E-state index in [0.717, 1.165) is 5.00 Å². The van der Waals surface area contributed by atoms with Crippen LogP contribution in [0.4, 0.5) is 5.00 Å². The highest BCUT2D eigenvalue weighted by atomic mass is 32.1. The van der Waals surface area contributed by atoms with Crippen LogP contribution >= 0.6 is 11.3 Å². The lowest BCUT2D eigenvalue weighted by Crippen LogP contribution is -2.15. The molecule has 0 unspecified atom stereocenters. The molecule has 1 aliphatic rings. The smallest absolute Gasteiger partial charge is 0.267 e. The molecule has 10 heavy (non-hydrogen) atoms. The zero-order valence-corrected chi connectivity index (χ0v) is 5.76. The predicted octanol–water partition coefficient (Wildman–Crippen LogP) is 1.17. The molecule has 1 aromatic rings. The van der Waals surface area contributed by atoms with E-state index in [2.05, 4.69) is 10.3 Å². The molecule has 2 heterocycles. The summed E-state index contributed by atoms with van der Waals surface area (Å²) in [5, 5.41) is 6.12. The summed E-state index contributed by atoms with van der Waals surface area (Å²) >= 11 is 1.45. The third kappa shape index (κ3) is 0.657. The lowest BCUT2D eigenvalue weighted by atomic mass is 10.3. The van der Waals surface area contributed by atoms with Crippen LogP contribution in [0, 0.1) is 0 Å². The molecule has 1 aromatic heterocycles. The third-order valence-corrected chi connectivity index (χ3v) is 2.05. The fraction of sp³-hybridized carbons (Fsp3) is 0. The van der Waals surface area contributed by atoms with Crippen molar-refractivity contribution in [3.8, 4) is 0 Å². The molecule has 0 bridgehead atoms. The van der Waals surface area contributed by atoms with Gasteiger partial charge in [-0.3, -0.25) is 4.79 Å². The van der Waals surface area contributed by atoms with E-state index in [-0.39, 0.29) is 5.91 Å². The summed E-state index contributed by atoms with van der Waals surface area (Å²) in [5.41, 5.74) is 0.618. The third-order valence-electron chi connectivity index (χ3n) is 1.23. The number of hydrogen-bond acceptors (Lipinski definition) is 3. The van der Waals surface area contributed by atoms with Gasteiger partial charge in [0.05, 0.1) is 5.56 Å². The highest BCUT2D eigenvalue weighted by molar-refractivity contribution is 7.14. The quantitative estimate of drug-likeness (QED) is 0.548. The van der Waals surface area contributed by atoms with Crippen LogP contribution in [-0.2, 0) is 0 Å². The molecule has 0 fully saturated rings. The van der Waals surface area contributed by atoms with Crippen LogP contribution in [0.3, 0.4) is 0 Å². The molecule has 0 aliphatic carbocycles. The van der Waals surface area contributed by atoms with Crippen molar-refractivity contribution in [3.63, 3.8) is 0 Å². The van der Waals surface area contributed by atoms with Crippen molar-refractivity contribution in [2.45, 2.75) is 0 Å². The van der Waals surface area contributed by atoms with Gasteiger partial charge in [-0.25, -0.2) is 4.99 Å². The number of fused-ring (bicyclic) bond motifs is 1. The standard InChI is InChI=1S/C6H3N2OS/c9-5-4-1-2-10-6(4)8-3-7-5/h1-3H. The van der Waals surface area contributed by atoms with Gasteiger partial charge in [0.25, 0.3) is 5.91 Å². The van der Waals surface area contributed by atoms with Gasteiger partial charge in [0.15, 0.2) is 0 Å². The molecule has 1 amide bonds. The number of rotatable bonds is 0. The van der Waals surface area contributed by atoms with Crippen LogP contribution in [0.15, 0.2) is 16.4 Å². The molecule has 49 valence electrons. The minimum atomic E-state index is -0.189. The number of hydrogen-bond donors (Lipinski definition) is 0. The number of amides is 1. The highest BCUT2D eigenvalue weighted by Gasteiger charge is 2.15. The Morgan fingerprint density at radius 1 is 1.50 bits per heavy atom. The van der Waals surface area contributed by atoms with Crippen LogP contribution in [0.1, 0.15) is 10.4 Å². The molecule has 2 rings (SSSR count). The molecule has 0 saturated carbocycles. The Morgan fingerprint density at radius 3 is 3.20 bits per heavy atom. The summed E-state index contributed by atoms with van der Waals surface area (Å²) in [6.45, 7) is 0. The summed E-state index contributed by atoms with van der Waals surface area (Å²) in [6, 6.07) is 1.74. The van der Waals surface area contributed by atoms with Crippen molar-refractivity contribution in [2.24, 2.45) is 4.99 Å². The van der Waals surface area contributed by atoms with E-state index in [0.29, 0.717) is 5.56 Å². The Hall–Kier alpha value is -1.16. The minimum Gasteiger partial charge on any atom is -0.267 e. The first kappa shape index (κ1) is 5.61. The lowest BCUT2D eigenvalue weighted by molar-refractivity contribution is 0.0974. The van der Waals surface area contributed by atoms with E-state index in [1.165, 1.54) is 17.7 Å². The van der Waals surface area contributed by atoms with Crippen molar-refractivity contribution in [1.82, 2.24) is 5.32 Å². The van der Waals surface area contributed by atoms with Crippen LogP contribution in [0.2, 0.25) is 0 Å². The fourth-order valence-corrected chi connectivity index (χ4v) is 1.49. The summed E-state index contributed by atoms with van der Waals surface area (Å²) in [6.07, 6.45) is 1.29. The van der Waals surface area contributed by atoms with E-state index >= 15 is 0 Å². The molecule has 1 radical (unpaired) electrons. The number of aliphatic imine (C=N–C) groups is 1. The van der Waals surface area contributed by atoms with Crippen LogP contribution in [0.5, 0.6) is 0 Å². The molecular formula is C6H3N2OS. The van der Waals surface area contributed by atoms with Crippen molar-refractivity contribution in [2.75, 3.05) is 0 Å². The van der Waals surface area contributed by atoms with Crippen molar-refractivity contribution in [3.05, 3.63) is 17.0 Å². The zero-order valence-electron chi connectivity index (χ0n) is 4.94. The summed E-state index contributed by atoms with van der Waals surface area (Å²) < 4.78 is 0. The van der Waals surface area contributed by atoms with Gasteiger partial charge in [0, 0.05) is 0 Å². The molecule has 0 spiro atoms. The van der Waals surface area contributed by atoms with Gasteiger partial charge in [-0.2, -0.15) is 5.32 Å². The molecule has 3 nitrogen and oxygen atoms in total. The lowest BCUT2D eigenvalue weighted by Gasteiger charge is -1.99. The summed E-state index contributed by atoms with van der Waals surface area (Å²) in [7, 11) is 0. The van der Waals surface area contributed by atoms with Gasteiger partial charge >= 0.3 is 0 Å². The normalized spacial score (nSPS) is 14.6. The van der Waals surface area contributed by atoms with Gasteiger partial charge in [-0.05, 0) is 11.4 Å². The molecule has 0 saturated heterocycles. The van der Waals surface area contributed by atoms with Crippen LogP contribution in [0.25, 0.3) is 0 Å². The first-order chi connectivity index (χ1) is 4.88. The van der Waals surface area contributed by atoms with E-state index in [9.17, 15) is 4.79 Å². The van der Waals surface area contributed by atoms with E-state index in [1.807, 2.05) is 5.38 Å². The number of carbonyl (C=O) groups is 1. The second kappa shape index (κ2) is 1.91. The highest BCUT2D eigenvalue weighted by Crippen LogP contribution is 2.27. The second-order valence-corrected chi connectivity index (χ2v) is 2.71. The first-order valence-corrected chi connectivity index (χ1v) is 3.61. The maximum Gasteiger partial charge on any atom is 0.281 e. The fourth-order valence-electron chi connectivity index (χ4n) is 0.767. The van der Waals surface area contributed by atoms with Crippen molar-refractivity contribution >= 4 is 28.6 Å². The number of nitrogens with zero attached hydrogens (tertiary/aromatic N) is 2. The maximum absolute atomic E-state index is 10.9. The first-order valence-electron chi connectivity index (χ1n) is 2.73. The van der Waals surface area contributed by atoms with E-state index in [4.69, 9.17) is 0 Å². The average molecular weight is 151 g/mol. The van der Waals surface area contributed by atoms with Crippen LogP contribution in [-0.4, -0.2) is 12.2 Å². The minimum absolute atomic E-state index is 0.189. The van der Waals surface area contributed by atoms with Gasteiger partial charge < -0.3 is 0 Å². The van der Waals surface area contributed by atoms with Gasteiger partial charge in [-0.1, -0.05) is 0 Å². The topological polar surface area (TPSA) is 43.5 Å². The van der Waals surface area contributed by atoms with E-state index in [1.54, 1.807) is 6.07 Å². The number of thiophene rings is 1. The Labute approximate surface area is 61.4 Å². The Bertz CT molecular complexity index is 302.